The molecular weight excluding hydrogens is 494 g/mol. The number of ketones is 1. The number of hydrogen-bond donors (Lipinski definition) is 2. The van der Waals surface area contributed by atoms with E-state index in [1.54, 1.807) is 20.0 Å². The van der Waals surface area contributed by atoms with E-state index in [1.165, 1.54) is 0 Å². The number of aliphatic hydroxyl groups excluding tert-OH is 2. The van der Waals surface area contributed by atoms with Gasteiger partial charge in [0.2, 0.25) is 0 Å². The van der Waals surface area contributed by atoms with E-state index in [1.807, 2.05) is 58.0 Å². The molecule has 7 atom stereocenters. The Kier molecular flexibility index (Phi) is 10.3. The third-order valence-corrected chi connectivity index (χ3v) is 8.58. The van der Waals surface area contributed by atoms with E-state index in [2.05, 4.69) is 11.9 Å². The largest absolute Gasteiger partial charge is 0.458 e. The van der Waals surface area contributed by atoms with Crippen molar-refractivity contribution < 1.29 is 29.3 Å². The van der Waals surface area contributed by atoms with Crippen molar-refractivity contribution in [1.29, 1.82) is 0 Å². The van der Waals surface area contributed by atoms with Crippen molar-refractivity contribution in [2.45, 2.75) is 117 Å². The zero-order chi connectivity index (χ0) is 29.0. The molecule has 0 saturated carbocycles. The Morgan fingerprint density at radius 1 is 1.15 bits per heavy atom. The van der Waals surface area contributed by atoms with Crippen molar-refractivity contribution in [2.24, 2.45) is 17.3 Å². The maximum Gasteiger partial charge on any atom is 0.309 e. The molecule has 0 radical (unpaired) electrons. The van der Waals surface area contributed by atoms with Crippen LogP contribution in [-0.4, -0.2) is 57.0 Å². The van der Waals surface area contributed by atoms with E-state index in [0.717, 1.165) is 36.1 Å². The SMILES string of the molecule is CC(C)=CCC1C(=O)C(C)(C)C(O)CC(=O)OC(C(C)=Cc2ccccn2)CC2OC2(C)CCCC(C)C1O. The molecule has 0 aromatic carbocycles. The van der Waals surface area contributed by atoms with Gasteiger partial charge in [-0.15, -0.1) is 0 Å². The summed E-state index contributed by atoms with van der Waals surface area (Å²) in [5.74, 6) is -1.61. The Labute approximate surface area is 233 Å². The molecule has 7 nitrogen and oxygen atoms in total. The molecule has 2 N–H and O–H groups in total. The number of rotatable bonds is 4. The molecule has 1 aromatic rings. The van der Waals surface area contributed by atoms with Gasteiger partial charge in [0.25, 0.3) is 0 Å². The minimum Gasteiger partial charge on any atom is -0.458 e. The van der Waals surface area contributed by atoms with Crippen LogP contribution in [0.5, 0.6) is 0 Å². The Morgan fingerprint density at radius 2 is 1.87 bits per heavy atom. The Balaban J connectivity index is 1.90. The summed E-state index contributed by atoms with van der Waals surface area (Å²) in [6.07, 6.45) is 5.82. The number of aliphatic hydroxyl groups is 2. The summed E-state index contributed by atoms with van der Waals surface area (Å²) in [7, 11) is 0. The van der Waals surface area contributed by atoms with Crippen LogP contribution < -0.4 is 0 Å². The van der Waals surface area contributed by atoms with Gasteiger partial charge in [-0.2, -0.15) is 0 Å². The van der Waals surface area contributed by atoms with Gasteiger partial charge in [-0.05, 0) is 76.7 Å². The lowest BCUT2D eigenvalue weighted by Crippen LogP contribution is -2.46. The van der Waals surface area contributed by atoms with Crippen molar-refractivity contribution >= 4 is 17.8 Å². The van der Waals surface area contributed by atoms with E-state index >= 15 is 0 Å². The van der Waals surface area contributed by atoms with Crippen molar-refractivity contribution in [2.75, 3.05) is 0 Å². The summed E-state index contributed by atoms with van der Waals surface area (Å²) >= 11 is 0. The molecule has 2 fully saturated rings. The van der Waals surface area contributed by atoms with Crippen molar-refractivity contribution in [3.05, 3.63) is 47.3 Å². The molecule has 7 heteroatoms. The maximum atomic E-state index is 13.8. The number of ether oxygens (including phenoxy) is 2. The van der Waals surface area contributed by atoms with Crippen LogP contribution in [0.2, 0.25) is 0 Å². The molecule has 0 bridgehead atoms. The van der Waals surface area contributed by atoms with Gasteiger partial charge in [-0.25, -0.2) is 0 Å². The lowest BCUT2D eigenvalue weighted by molar-refractivity contribution is -0.154. The highest BCUT2D eigenvalue weighted by molar-refractivity contribution is 5.88. The van der Waals surface area contributed by atoms with Crippen LogP contribution in [0.1, 0.15) is 92.7 Å². The maximum absolute atomic E-state index is 13.8. The summed E-state index contributed by atoms with van der Waals surface area (Å²) in [5.41, 5.74) is 1.09. The van der Waals surface area contributed by atoms with Crippen molar-refractivity contribution in [3.63, 3.8) is 0 Å². The second-order valence-corrected chi connectivity index (χ2v) is 12.6. The zero-order valence-electron chi connectivity index (χ0n) is 24.6. The number of esters is 1. The number of carbonyl (C=O) groups is 2. The standard InChI is InChI=1S/C32H47NO6/c1-20(2)13-14-24-29(36)21(3)11-10-15-32(7)27(39-32)18-25(22(4)17-23-12-8-9-16-33-23)38-28(35)19-26(34)31(5,6)30(24)37/h8-9,12-13,16-17,21,24-27,29,34,36H,10-11,14-15,18-19H2,1-7H3. The molecule has 0 spiro atoms. The molecule has 0 amide bonds. The monoisotopic (exact) mass is 541 g/mol. The van der Waals surface area contributed by atoms with Gasteiger partial charge in [-0.3, -0.25) is 14.6 Å². The number of aromatic nitrogens is 1. The fraction of sp³-hybridized carbons (Fsp3) is 0.656. The van der Waals surface area contributed by atoms with Crippen LogP contribution in [0.3, 0.4) is 0 Å². The lowest BCUT2D eigenvalue weighted by atomic mass is 9.71. The fourth-order valence-corrected chi connectivity index (χ4v) is 5.49. The number of Topliss-reactive ketones (excluding diaryl/α,β-unsaturated/α-hetero) is 1. The van der Waals surface area contributed by atoms with Gasteiger partial charge in [-0.1, -0.05) is 44.9 Å². The number of epoxide rings is 1. The second kappa shape index (κ2) is 12.9. The average molecular weight is 542 g/mol. The first kappa shape index (κ1) is 31.2. The van der Waals surface area contributed by atoms with E-state index in [0.29, 0.717) is 12.8 Å². The molecule has 1 aromatic heterocycles. The predicted octanol–water partition coefficient (Wildman–Crippen LogP) is 5.44. The van der Waals surface area contributed by atoms with Gasteiger partial charge in [0, 0.05) is 18.5 Å². The van der Waals surface area contributed by atoms with E-state index < -0.39 is 35.6 Å². The Bertz CT molecular complexity index is 1060. The molecule has 2 aliphatic heterocycles. The summed E-state index contributed by atoms with van der Waals surface area (Å²) in [6, 6.07) is 5.63. The second-order valence-electron chi connectivity index (χ2n) is 12.6. The smallest absolute Gasteiger partial charge is 0.309 e. The summed E-state index contributed by atoms with van der Waals surface area (Å²) in [4.78, 5) is 31.3. The number of carbonyl (C=O) groups excluding carboxylic acids is 2. The number of hydrogen-bond acceptors (Lipinski definition) is 7. The number of nitrogens with zero attached hydrogens (tertiary/aromatic N) is 1. The highest BCUT2D eigenvalue weighted by atomic mass is 16.6. The average Bonchev–Trinajstić information content (AvgIpc) is 3.51. The molecule has 2 saturated heterocycles. The van der Waals surface area contributed by atoms with Crippen molar-refractivity contribution in [1.82, 2.24) is 4.98 Å². The quantitative estimate of drug-likeness (QED) is 0.297. The molecule has 216 valence electrons. The first-order chi connectivity index (χ1) is 18.2. The van der Waals surface area contributed by atoms with Gasteiger partial charge < -0.3 is 19.7 Å². The summed E-state index contributed by atoms with van der Waals surface area (Å²) in [5, 5.41) is 22.4. The Hall–Kier alpha value is -2.35. The first-order valence-corrected chi connectivity index (χ1v) is 14.2. The number of fused-ring (bicyclic) bond motifs is 1. The van der Waals surface area contributed by atoms with Gasteiger partial charge in [0.05, 0.1) is 41.4 Å². The van der Waals surface area contributed by atoms with Crippen LogP contribution in [0.25, 0.3) is 6.08 Å². The van der Waals surface area contributed by atoms with Crippen LogP contribution in [0.4, 0.5) is 0 Å². The van der Waals surface area contributed by atoms with Crippen LogP contribution >= 0.6 is 0 Å². The Morgan fingerprint density at radius 3 is 2.51 bits per heavy atom. The molecule has 2 aliphatic rings. The number of pyridine rings is 1. The number of allylic oxidation sites excluding steroid dienone is 2. The van der Waals surface area contributed by atoms with Crippen LogP contribution in [0, 0.1) is 17.3 Å². The molecular formula is C32H47NO6. The van der Waals surface area contributed by atoms with Crippen LogP contribution in [0.15, 0.2) is 41.6 Å². The van der Waals surface area contributed by atoms with E-state index in [9.17, 15) is 19.8 Å². The van der Waals surface area contributed by atoms with Gasteiger partial charge >= 0.3 is 5.97 Å². The minimum atomic E-state index is -1.26. The molecule has 3 rings (SSSR count). The highest BCUT2D eigenvalue weighted by Crippen LogP contribution is 2.45. The summed E-state index contributed by atoms with van der Waals surface area (Å²) < 4.78 is 12.0. The molecule has 39 heavy (non-hydrogen) atoms. The predicted molar refractivity (Wildman–Crippen MR) is 152 cm³/mol. The third kappa shape index (κ3) is 8.09. The van der Waals surface area contributed by atoms with Gasteiger partial charge in [0.1, 0.15) is 11.9 Å². The van der Waals surface area contributed by atoms with Crippen LogP contribution in [-0.2, 0) is 19.1 Å². The minimum absolute atomic E-state index is 0.0659. The normalized spacial score (nSPS) is 34.5. The van der Waals surface area contributed by atoms with Gasteiger partial charge in [0.15, 0.2) is 0 Å². The van der Waals surface area contributed by atoms with Crippen molar-refractivity contribution in [3.8, 4) is 0 Å². The molecule has 0 aliphatic carbocycles. The molecule has 7 unspecified atom stereocenters. The number of cyclic esters (lactones) is 1. The lowest BCUT2D eigenvalue weighted by Gasteiger charge is -2.36. The molecule has 3 heterocycles. The fourth-order valence-electron chi connectivity index (χ4n) is 5.49. The topological polar surface area (TPSA) is 109 Å². The zero-order valence-corrected chi connectivity index (χ0v) is 24.6. The van der Waals surface area contributed by atoms with E-state index in [-0.39, 0.29) is 29.8 Å². The highest BCUT2D eigenvalue weighted by Gasteiger charge is 2.53. The third-order valence-electron chi connectivity index (χ3n) is 8.58. The van der Waals surface area contributed by atoms with E-state index in [4.69, 9.17) is 9.47 Å². The first-order valence-electron chi connectivity index (χ1n) is 14.2. The summed E-state index contributed by atoms with van der Waals surface area (Å²) in [6.45, 7) is 13.2.